The monoisotopic (exact) mass is 560 g/mol. The number of phenolic OH excluding ortho intramolecular Hbond substituents is 1. The number of likely N-dealkylation sites (N-methyl/N-ethyl adjacent to an activating group) is 1. The van der Waals surface area contributed by atoms with Crippen molar-refractivity contribution < 1.29 is 9.84 Å². The van der Waals surface area contributed by atoms with Crippen molar-refractivity contribution in [2.75, 3.05) is 49.6 Å². The first kappa shape index (κ1) is 26.9. The number of nitrogens with one attached hydrogen (secondary N) is 1. The lowest BCUT2D eigenvalue weighted by atomic mass is 9.94. The number of hydrogen-bond acceptors (Lipinski definition) is 8. The number of rotatable bonds is 5. The van der Waals surface area contributed by atoms with Gasteiger partial charge in [-0.05, 0) is 57.1 Å². The second-order valence-corrected chi connectivity index (χ2v) is 11.7. The topological polar surface area (TPSA) is 87.9 Å². The van der Waals surface area contributed by atoms with Crippen molar-refractivity contribution in [1.29, 1.82) is 5.26 Å². The molecule has 1 aromatic heterocycles. The molecule has 0 radical (unpaired) electrons. The molecule has 0 aliphatic carbocycles. The minimum atomic E-state index is 0. The summed E-state index contributed by atoms with van der Waals surface area (Å²) in [4.78, 5) is 12.2. The summed E-state index contributed by atoms with van der Waals surface area (Å²) in [5.74, 6) is 1.73. The quantitative estimate of drug-likeness (QED) is 0.480. The number of nitrogens with zero attached hydrogens (tertiary/aromatic N) is 5. The summed E-state index contributed by atoms with van der Waals surface area (Å²) in [5.41, 5.74) is 3.75. The zero-order valence-corrected chi connectivity index (χ0v) is 23.8. The number of aromatic hydroxyl groups is 1. The SMILES string of the molecule is CN1CCC[C@H]1COc1nc(N2CC3CCC(C2)N3)c2c(c1C#N)CN(c1cc(O)cc3ccccc13)CC2.Cl. The van der Waals surface area contributed by atoms with Crippen molar-refractivity contribution in [1.82, 2.24) is 15.2 Å². The molecule has 4 aliphatic heterocycles. The molecule has 5 heterocycles. The summed E-state index contributed by atoms with van der Waals surface area (Å²) >= 11 is 0. The van der Waals surface area contributed by atoms with Crippen LogP contribution in [0.2, 0.25) is 0 Å². The number of piperazine rings is 1. The van der Waals surface area contributed by atoms with Crippen molar-refractivity contribution in [2.24, 2.45) is 0 Å². The summed E-state index contributed by atoms with van der Waals surface area (Å²) in [6.07, 6.45) is 5.48. The number of likely N-dealkylation sites (tertiary alicyclic amines) is 1. The largest absolute Gasteiger partial charge is 0.508 e. The number of anilines is 2. The molecule has 3 atom stereocenters. The molecule has 4 aliphatic rings. The van der Waals surface area contributed by atoms with Crippen LogP contribution in [0.5, 0.6) is 11.6 Å². The van der Waals surface area contributed by atoms with Crippen molar-refractivity contribution in [3.8, 4) is 17.7 Å². The van der Waals surface area contributed by atoms with Gasteiger partial charge in [0.05, 0.1) is 0 Å². The Bertz CT molecular complexity index is 1450. The lowest BCUT2D eigenvalue weighted by Crippen LogP contribution is -2.52. The molecule has 2 N–H and O–H groups in total. The van der Waals surface area contributed by atoms with Gasteiger partial charge in [-0.15, -0.1) is 12.4 Å². The summed E-state index contributed by atoms with van der Waals surface area (Å²) in [6.45, 7) is 4.88. The number of benzene rings is 2. The van der Waals surface area contributed by atoms with Gasteiger partial charge in [0, 0.05) is 72.6 Å². The Kier molecular flexibility index (Phi) is 7.39. The Hall–Kier alpha value is -3.25. The second-order valence-electron chi connectivity index (χ2n) is 11.7. The predicted molar refractivity (Wildman–Crippen MR) is 160 cm³/mol. The van der Waals surface area contributed by atoms with Crippen LogP contribution < -0.4 is 19.9 Å². The van der Waals surface area contributed by atoms with E-state index in [0.29, 0.717) is 42.7 Å². The van der Waals surface area contributed by atoms with Crippen LogP contribution in [0.15, 0.2) is 36.4 Å². The molecule has 210 valence electrons. The van der Waals surface area contributed by atoms with Gasteiger partial charge < -0.3 is 29.9 Å². The van der Waals surface area contributed by atoms with E-state index < -0.39 is 0 Å². The van der Waals surface area contributed by atoms with Crippen LogP contribution in [-0.4, -0.2) is 72.9 Å². The number of nitriles is 1. The molecule has 2 unspecified atom stereocenters. The molecule has 0 spiro atoms. The third-order valence-electron chi connectivity index (χ3n) is 9.22. The van der Waals surface area contributed by atoms with Crippen LogP contribution in [0.4, 0.5) is 11.5 Å². The van der Waals surface area contributed by atoms with E-state index in [4.69, 9.17) is 9.72 Å². The predicted octanol–water partition coefficient (Wildman–Crippen LogP) is 4.21. The zero-order chi connectivity index (χ0) is 26.5. The highest BCUT2D eigenvalue weighted by Crippen LogP contribution is 2.40. The van der Waals surface area contributed by atoms with Gasteiger partial charge in [-0.25, -0.2) is 0 Å². The maximum absolute atomic E-state index is 10.5. The molecule has 3 saturated heterocycles. The molecule has 40 heavy (non-hydrogen) atoms. The highest BCUT2D eigenvalue weighted by Gasteiger charge is 2.36. The average molecular weight is 561 g/mol. The van der Waals surface area contributed by atoms with Crippen LogP contribution >= 0.6 is 12.4 Å². The zero-order valence-electron chi connectivity index (χ0n) is 23.0. The molecule has 9 heteroatoms. The van der Waals surface area contributed by atoms with Crippen LogP contribution in [-0.2, 0) is 13.0 Å². The van der Waals surface area contributed by atoms with E-state index in [9.17, 15) is 10.4 Å². The standard InChI is InChI=1S/C31H36N6O2.ClH/c1-35-11-4-6-23(35)19-39-31-27(15-32)28-18-36(29-14-24(38)13-20-5-2-3-7-25(20)29)12-10-26(28)30(34-31)37-16-21-8-9-22(17-37)33-21;/h2-3,5,7,13-14,21-23,33,38H,4,6,8-12,16-19H2,1H3;1H/t21?,22?,23-;/m0./s1. The van der Waals surface area contributed by atoms with Gasteiger partial charge in [0.25, 0.3) is 0 Å². The third kappa shape index (κ3) is 4.81. The normalized spacial score (nSPS) is 24.1. The number of phenols is 1. The van der Waals surface area contributed by atoms with Crippen molar-refractivity contribution in [3.63, 3.8) is 0 Å². The van der Waals surface area contributed by atoms with Crippen LogP contribution in [0.25, 0.3) is 10.8 Å². The number of pyridine rings is 1. The van der Waals surface area contributed by atoms with Crippen LogP contribution in [0.1, 0.15) is 42.4 Å². The molecular formula is C31H37ClN6O2. The summed E-state index contributed by atoms with van der Waals surface area (Å²) < 4.78 is 6.40. The maximum atomic E-state index is 10.5. The van der Waals surface area contributed by atoms with E-state index in [1.54, 1.807) is 0 Å². The molecule has 8 nitrogen and oxygen atoms in total. The summed E-state index contributed by atoms with van der Waals surface area (Å²) in [5, 5.41) is 26.8. The van der Waals surface area contributed by atoms with Crippen LogP contribution in [0.3, 0.4) is 0 Å². The summed E-state index contributed by atoms with van der Waals surface area (Å²) in [6, 6.07) is 15.6. The van der Waals surface area contributed by atoms with E-state index in [2.05, 4.69) is 39.2 Å². The highest BCUT2D eigenvalue weighted by molar-refractivity contribution is 5.95. The molecule has 0 saturated carbocycles. The Morgan fingerprint density at radius 2 is 1.88 bits per heavy atom. The van der Waals surface area contributed by atoms with Gasteiger partial charge in [0.2, 0.25) is 5.88 Å². The lowest BCUT2D eigenvalue weighted by Gasteiger charge is -2.38. The fourth-order valence-corrected chi connectivity index (χ4v) is 7.15. The second kappa shape index (κ2) is 11.0. The van der Waals surface area contributed by atoms with Gasteiger partial charge in [-0.1, -0.05) is 24.3 Å². The Morgan fingerprint density at radius 3 is 2.62 bits per heavy atom. The van der Waals surface area contributed by atoms with E-state index in [-0.39, 0.29) is 18.2 Å². The molecule has 7 rings (SSSR count). The third-order valence-corrected chi connectivity index (χ3v) is 9.22. The molecule has 3 aromatic rings. The van der Waals surface area contributed by atoms with Gasteiger partial charge in [-0.2, -0.15) is 10.2 Å². The van der Waals surface area contributed by atoms with Gasteiger partial charge >= 0.3 is 0 Å². The fourth-order valence-electron chi connectivity index (χ4n) is 7.15. The Labute approximate surface area is 241 Å². The molecule has 2 bridgehead atoms. The smallest absolute Gasteiger partial charge is 0.234 e. The molecule has 3 fully saturated rings. The first-order valence-corrected chi connectivity index (χ1v) is 14.3. The van der Waals surface area contributed by atoms with E-state index >= 15 is 0 Å². The van der Waals surface area contributed by atoms with Gasteiger partial charge in [0.1, 0.15) is 29.8 Å². The number of hydrogen-bond donors (Lipinski definition) is 2. The molecule has 0 amide bonds. The first-order chi connectivity index (χ1) is 19.1. The lowest BCUT2D eigenvalue weighted by molar-refractivity contribution is 0.192. The van der Waals surface area contributed by atoms with Gasteiger partial charge in [-0.3, -0.25) is 0 Å². The number of aromatic nitrogens is 1. The highest BCUT2D eigenvalue weighted by atomic mass is 35.5. The fraction of sp³-hybridized carbons (Fsp3) is 0.484. The molecular weight excluding hydrogens is 524 g/mol. The first-order valence-electron chi connectivity index (χ1n) is 14.3. The number of halogens is 1. The Morgan fingerprint density at radius 1 is 1.07 bits per heavy atom. The van der Waals surface area contributed by atoms with Gasteiger partial charge in [0.15, 0.2) is 0 Å². The van der Waals surface area contributed by atoms with E-state index in [1.165, 1.54) is 24.8 Å². The van der Waals surface area contributed by atoms with E-state index in [1.807, 2.05) is 30.3 Å². The van der Waals surface area contributed by atoms with Crippen molar-refractivity contribution >= 4 is 34.7 Å². The van der Waals surface area contributed by atoms with E-state index in [0.717, 1.165) is 66.9 Å². The van der Waals surface area contributed by atoms with Crippen LogP contribution in [0, 0.1) is 11.3 Å². The minimum Gasteiger partial charge on any atom is -0.508 e. The van der Waals surface area contributed by atoms with Crippen molar-refractivity contribution in [2.45, 2.75) is 56.8 Å². The maximum Gasteiger partial charge on any atom is 0.234 e. The Balaban J connectivity index is 0.00000289. The summed E-state index contributed by atoms with van der Waals surface area (Å²) in [7, 11) is 2.14. The number of fused-ring (bicyclic) bond motifs is 4. The minimum absolute atomic E-state index is 0. The van der Waals surface area contributed by atoms with Crippen molar-refractivity contribution in [3.05, 3.63) is 53.1 Å². The molecule has 2 aromatic carbocycles. The average Bonchev–Trinajstić information content (AvgIpc) is 3.53. The number of ether oxygens (including phenoxy) is 1.